The highest BCUT2D eigenvalue weighted by molar-refractivity contribution is 6.17. The van der Waals surface area contributed by atoms with Gasteiger partial charge in [0, 0.05) is 17.1 Å². The minimum Gasteiger partial charge on any atom is -0.354 e. The molecule has 0 unspecified atom stereocenters. The minimum absolute atomic E-state index is 0.150. The van der Waals surface area contributed by atoms with Gasteiger partial charge in [0.25, 0.3) is 5.91 Å². The van der Waals surface area contributed by atoms with Crippen LogP contribution in [0.1, 0.15) is 98.6 Å². The Bertz CT molecular complexity index is 576. The van der Waals surface area contributed by atoms with Gasteiger partial charge in [-0.25, -0.2) is 9.97 Å². The average molecular weight is 325 g/mol. The van der Waals surface area contributed by atoms with Crippen molar-refractivity contribution in [2.75, 3.05) is 0 Å². The Hall–Kier alpha value is -1.39. The van der Waals surface area contributed by atoms with Crippen LogP contribution in [-0.4, -0.2) is 29.2 Å². The maximum atomic E-state index is 12.8. The molecule has 0 aromatic carbocycles. The molecule has 1 aromatic heterocycles. The maximum Gasteiger partial charge on any atom is 0.269 e. The Kier molecular flexibility index (Phi) is 5.57. The summed E-state index contributed by atoms with van der Waals surface area (Å²) < 4.78 is 0. The van der Waals surface area contributed by atoms with Crippen LogP contribution in [0, 0.1) is 6.92 Å². The number of carbonyl (C=O) groups excluding carboxylic acids is 1. The first-order valence-electron chi connectivity index (χ1n) is 9.53. The van der Waals surface area contributed by atoms with Gasteiger partial charge in [-0.15, -0.1) is 0 Å². The summed E-state index contributed by atoms with van der Waals surface area (Å²) in [5.74, 6) is 1.09. The number of nitrogens with one attached hydrogen (secondary N) is 1. The van der Waals surface area contributed by atoms with Crippen LogP contribution in [0.5, 0.6) is 0 Å². The molecule has 2 fully saturated rings. The highest BCUT2D eigenvalue weighted by atomic mass is 16.2. The number of aromatic nitrogens is 2. The summed E-state index contributed by atoms with van der Waals surface area (Å²) in [5, 5.41) is 3.07. The first kappa shape index (κ1) is 17.4. The topological polar surface area (TPSA) is 54.9 Å². The molecule has 1 aromatic rings. The van der Waals surface area contributed by atoms with Crippen LogP contribution in [-0.2, 0) is 0 Å². The zero-order chi connectivity index (χ0) is 17.0. The highest BCUT2D eigenvalue weighted by Crippen LogP contribution is 2.32. The van der Waals surface area contributed by atoms with Gasteiger partial charge in [0.15, 0.2) is 0 Å². The van der Waals surface area contributed by atoms with Crippen LogP contribution in [0.15, 0.2) is 6.07 Å². The third kappa shape index (κ3) is 4.37. The Morgan fingerprint density at radius 2 is 1.71 bits per heavy atom. The molecule has 1 heterocycles. The molecule has 2 saturated carbocycles. The summed E-state index contributed by atoms with van der Waals surface area (Å²) >= 11 is 0. The van der Waals surface area contributed by atoms with E-state index in [0.717, 1.165) is 50.0 Å². The zero-order valence-corrected chi connectivity index (χ0v) is 14.8. The molecular formula is C19H28BN3O. The van der Waals surface area contributed by atoms with E-state index in [9.17, 15) is 4.79 Å². The third-order valence-corrected chi connectivity index (χ3v) is 5.43. The van der Waals surface area contributed by atoms with Gasteiger partial charge in [-0.1, -0.05) is 44.9 Å². The van der Waals surface area contributed by atoms with E-state index in [-0.39, 0.29) is 5.91 Å². The smallest absolute Gasteiger partial charge is 0.269 e. The Balaban J connectivity index is 1.73. The van der Waals surface area contributed by atoms with E-state index in [4.69, 9.17) is 7.85 Å². The van der Waals surface area contributed by atoms with E-state index in [0.29, 0.717) is 11.6 Å². The number of hydrogen-bond donors (Lipinski definition) is 1. The molecule has 0 aliphatic heterocycles. The fraction of sp³-hybridized carbons (Fsp3) is 0.737. The number of carbonyl (C=O) groups is 1. The minimum atomic E-state index is -0.593. The van der Waals surface area contributed by atoms with Crippen LogP contribution in [0.2, 0.25) is 0 Å². The number of aryl methyl sites for hydroxylation is 1. The molecule has 1 amide bonds. The third-order valence-electron chi connectivity index (χ3n) is 5.43. The quantitative estimate of drug-likeness (QED) is 0.861. The first-order chi connectivity index (χ1) is 11.6. The van der Waals surface area contributed by atoms with Gasteiger partial charge in [-0.3, -0.25) is 4.79 Å². The zero-order valence-electron chi connectivity index (χ0n) is 14.8. The van der Waals surface area contributed by atoms with Gasteiger partial charge in [-0.2, -0.15) is 0 Å². The standard InChI is InChI=1S/C19H28BN3O/c1-14-13-16(22-17(21-14)15-9-5-6-10-15)18(24)23-19(20)11-7-3-2-4-8-12-19/h13,15H,2-12H2,1H3,(H,23,24). The molecule has 4 nitrogen and oxygen atoms in total. The maximum absolute atomic E-state index is 12.8. The molecule has 5 heteroatoms. The van der Waals surface area contributed by atoms with Gasteiger partial charge in [0.1, 0.15) is 19.4 Å². The largest absolute Gasteiger partial charge is 0.354 e. The van der Waals surface area contributed by atoms with E-state index in [2.05, 4.69) is 15.3 Å². The predicted molar refractivity (Wildman–Crippen MR) is 96.2 cm³/mol. The van der Waals surface area contributed by atoms with Crippen LogP contribution in [0.3, 0.4) is 0 Å². The van der Waals surface area contributed by atoms with E-state index in [1.165, 1.54) is 32.1 Å². The van der Waals surface area contributed by atoms with Gasteiger partial charge in [0.05, 0.1) is 0 Å². The number of hydrogen-bond acceptors (Lipinski definition) is 3. The van der Waals surface area contributed by atoms with Crippen LogP contribution >= 0.6 is 0 Å². The van der Waals surface area contributed by atoms with E-state index in [1.54, 1.807) is 6.07 Å². The molecule has 24 heavy (non-hydrogen) atoms. The molecule has 2 aliphatic rings. The van der Waals surface area contributed by atoms with Crippen molar-refractivity contribution in [3.05, 3.63) is 23.3 Å². The number of amides is 1. The molecule has 0 spiro atoms. The first-order valence-corrected chi connectivity index (χ1v) is 9.53. The monoisotopic (exact) mass is 325 g/mol. The molecule has 0 bridgehead atoms. The SMILES string of the molecule is [B]C1(NC(=O)c2cc(C)nc(C3CCCC3)n2)CCCCCCC1. The lowest BCUT2D eigenvalue weighted by molar-refractivity contribution is 0.0912. The molecule has 128 valence electrons. The average Bonchev–Trinajstić information content (AvgIpc) is 3.05. The van der Waals surface area contributed by atoms with Crippen LogP contribution < -0.4 is 5.32 Å². The van der Waals surface area contributed by atoms with Crippen molar-refractivity contribution in [3.8, 4) is 0 Å². The fourth-order valence-corrected chi connectivity index (χ4v) is 4.03. The normalized spacial score (nSPS) is 21.9. The van der Waals surface area contributed by atoms with Crippen molar-refractivity contribution in [2.45, 2.75) is 88.9 Å². The van der Waals surface area contributed by atoms with Crippen LogP contribution in [0.25, 0.3) is 0 Å². The highest BCUT2D eigenvalue weighted by Gasteiger charge is 2.28. The van der Waals surface area contributed by atoms with Gasteiger partial charge in [-0.05, 0) is 38.7 Å². The molecule has 0 saturated heterocycles. The van der Waals surface area contributed by atoms with E-state index < -0.39 is 5.44 Å². The molecule has 0 atom stereocenters. The summed E-state index contributed by atoms with van der Waals surface area (Å²) in [4.78, 5) is 21.9. The summed E-state index contributed by atoms with van der Waals surface area (Å²) in [6.45, 7) is 1.94. The van der Waals surface area contributed by atoms with E-state index in [1.807, 2.05) is 6.92 Å². The second-order valence-electron chi connectivity index (χ2n) is 7.61. The van der Waals surface area contributed by atoms with Crippen molar-refractivity contribution in [1.82, 2.24) is 15.3 Å². The van der Waals surface area contributed by atoms with Crippen molar-refractivity contribution in [1.29, 1.82) is 0 Å². The molecular weight excluding hydrogens is 297 g/mol. The molecule has 2 radical (unpaired) electrons. The van der Waals surface area contributed by atoms with Gasteiger partial charge < -0.3 is 5.32 Å². The van der Waals surface area contributed by atoms with Crippen molar-refractivity contribution in [3.63, 3.8) is 0 Å². The lowest BCUT2D eigenvalue weighted by Gasteiger charge is -2.33. The van der Waals surface area contributed by atoms with Crippen molar-refractivity contribution >= 4 is 13.8 Å². The second-order valence-corrected chi connectivity index (χ2v) is 7.61. The van der Waals surface area contributed by atoms with Crippen molar-refractivity contribution in [2.24, 2.45) is 0 Å². The van der Waals surface area contributed by atoms with Crippen LogP contribution in [0.4, 0.5) is 0 Å². The number of rotatable bonds is 3. The van der Waals surface area contributed by atoms with E-state index >= 15 is 0 Å². The summed E-state index contributed by atoms with van der Waals surface area (Å²) in [7, 11) is 6.49. The second kappa shape index (κ2) is 7.67. The Morgan fingerprint density at radius 1 is 1.08 bits per heavy atom. The van der Waals surface area contributed by atoms with Crippen molar-refractivity contribution < 1.29 is 4.79 Å². The van der Waals surface area contributed by atoms with Gasteiger partial charge >= 0.3 is 0 Å². The Morgan fingerprint density at radius 3 is 2.38 bits per heavy atom. The Labute approximate surface area is 146 Å². The lowest BCUT2D eigenvalue weighted by Crippen LogP contribution is -2.49. The summed E-state index contributed by atoms with van der Waals surface area (Å²) in [5.41, 5.74) is 0.737. The fourth-order valence-electron chi connectivity index (χ4n) is 4.03. The molecule has 1 N–H and O–H groups in total. The number of nitrogens with zero attached hydrogens (tertiary/aromatic N) is 2. The summed E-state index contributed by atoms with van der Waals surface area (Å²) in [6.07, 6.45) is 12.2. The summed E-state index contributed by atoms with van der Waals surface area (Å²) in [6, 6.07) is 1.78. The molecule has 3 rings (SSSR count). The lowest BCUT2D eigenvalue weighted by atomic mass is 9.69. The van der Waals surface area contributed by atoms with Gasteiger partial charge in [0.2, 0.25) is 0 Å². The molecule has 2 aliphatic carbocycles. The predicted octanol–water partition coefficient (Wildman–Crippen LogP) is 3.78.